The first-order valence-electron chi connectivity index (χ1n) is 6.74. The monoisotopic (exact) mass is 304 g/mol. The molecule has 2 rings (SSSR count). The second-order valence-corrected chi connectivity index (χ2v) is 5.45. The molecule has 110 valence electrons. The highest BCUT2D eigenvalue weighted by atomic mass is 35.5. The van der Waals surface area contributed by atoms with Gasteiger partial charge < -0.3 is 5.73 Å². The molecule has 0 aliphatic heterocycles. The van der Waals surface area contributed by atoms with Crippen molar-refractivity contribution in [3.8, 4) is 0 Å². The van der Waals surface area contributed by atoms with E-state index in [1.807, 2.05) is 37.3 Å². The molecule has 2 aromatic rings. The van der Waals surface area contributed by atoms with E-state index in [0.717, 1.165) is 5.56 Å². The largest absolute Gasteiger partial charge is 0.321 e. The zero-order valence-electron chi connectivity index (χ0n) is 11.8. The minimum Gasteiger partial charge on any atom is -0.321 e. The van der Waals surface area contributed by atoms with Crippen molar-refractivity contribution in [3.63, 3.8) is 0 Å². The molecular weight excluding hydrogens is 288 g/mol. The van der Waals surface area contributed by atoms with E-state index in [2.05, 4.69) is 0 Å². The Morgan fingerprint density at radius 2 is 1.86 bits per heavy atom. The summed E-state index contributed by atoms with van der Waals surface area (Å²) in [6.45, 7) is 1.97. The molecule has 0 aromatic heterocycles. The van der Waals surface area contributed by atoms with Gasteiger partial charge in [0.1, 0.15) is 0 Å². The van der Waals surface area contributed by atoms with Crippen LogP contribution in [0.1, 0.15) is 24.5 Å². The van der Waals surface area contributed by atoms with E-state index >= 15 is 0 Å². The van der Waals surface area contributed by atoms with Crippen molar-refractivity contribution >= 4 is 17.3 Å². The van der Waals surface area contributed by atoms with Gasteiger partial charge in [0.2, 0.25) is 0 Å². The topological polar surface area (TPSA) is 69.2 Å². The number of nitro benzene ring substituents is 1. The fourth-order valence-corrected chi connectivity index (χ4v) is 2.65. The normalized spacial score (nSPS) is 13.7. The lowest BCUT2D eigenvalue weighted by Gasteiger charge is -2.29. The number of nitrogens with two attached hydrogens (primary N) is 1. The SMILES string of the molecule is CCC(N)(Cc1c(Cl)cccc1[N+](=O)[O-])c1ccccc1. The van der Waals surface area contributed by atoms with Gasteiger partial charge in [0, 0.05) is 18.0 Å². The summed E-state index contributed by atoms with van der Waals surface area (Å²) >= 11 is 6.16. The first-order valence-corrected chi connectivity index (χ1v) is 7.12. The Balaban J connectivity index is 2.47. The average Bonchev–Trinajstić information content (AvgIpc) is 2.49. The standard InChI is InChI=1S/C16H17ClN2O2/c1-2-16(18,12-7-4-3-5-8-12)11-13-14(17)9-6-10-15(13)19(20)21/h3-10H,2,11,18H2,1H3. The predicted octanol–water partition coefficient (Wildman–Crippen LogP) is 4.05. The molecule has 0 saturated heterocycles. The molecule has 0 saturated carbocycles. The number of benzene rings is 2. The minimum absolute atomic E-state index is 0.0155. The van der Waals surface area contributed by atoms with Crippen molar-refractivity contribution in [3.05, 3.63) is 74.8 Å². The van der Waals surface area contributed by atoms with Crippen molar-refractivity contribution < 1.29 is 4.92 Å². The summed E-state index contributed by atoms with van der Waals surface area (Å²) in [6.07, 6.45) is 0.975. The molecule has 1 unspecified atom stereocenters. The van der Waals surface area contributed by atoms with Crippen LogP contribution in [-0.4, -0.2) is 4.92 Å². The van der Waals surface area contributed by atoms with Crippen molar-refractivity contribution in [2.24, 2.45) is 5.73 Å². The van der Waals surface area contributed by atoms with Crippen LogP contribution in [0.4, 0.5) is 5.69 Å². The summed E-state index contributed by atoms with van der Waals surface area (Å²) < 4.78 is 0. The summed E-state index contributed by atoms with van der Waals surface area (Å²) in [5.41, 5.74) is 7.27. The Morgan fingerprint density at radius 1 is 1.19 bits per heavy atom. The van der Waals surface area contributed by atoms with Gasteiger partial charge in [0.25, 0.3) is 5.69 Å². The van der Waals surface area contributed by atoms with Gasteiger partial charge in [-0.2, -0.15) is 0 Å². The maximum atomic E-state index is 11.2. The maximum absolute atomic E-state index is 11.2. The second kappa shape index (κ2) is 6.24. The van der Waals surface area contributed by atoms with Crippen molar-refractivity contribution in [1.82, 2.24) is 0 Å². The van der Waals surface area contributed by atoms with Gasteiger partial charge in [0.15, 0.2) is 0 Å². The van der Waals surface area contributed by atoms with E-state index in [-0.39, 0.29) is 5.69 Å². The Kier molecular flexibility index (Phi) is 4.60. The summed E-state index contributed by atoms with van der Waals surface area (Å²) in [7, 11) is 0. The molecule has 0 aliphatic carbocycles. The highest BCUT2D eigenvalue weighted by molar-refractivity contribution is 6.31. The maximum Gasteiger partial charge on any atom is 0.274 e. The number of nitrogens with zero attached hydrogens (tertiary/aromatic N) is 1. The van der Waals surface area contributed by atoms with Crippen molar-refractivity contribution in [2.45, 2.75) is 25.3 Å². The number of halogens is 1. The molecular formula is C16H17ClN2O2. The van der Waals surface area contributed by atoms with Crippen LogP contribution >= 0.6 is 11.6 Å². The van der Waals surface area contributed by atoms with Crippen LogP contribution in [0, 0.1) is 10.1 Å². The van der Waals surface area contributed by atoms with E-state index in [4.69, 9.17) is 17.3 Å². The van der Waals surface area contributed by atoms with Crippen LogP contribution in [0.15, 0.2) is 48.5 Å². The molecule has 4 nitrogen and oxygen atoms in total. The van der Waals surface area contributed by atoms with E-state index in [1.54, 1.807) is 12.1 Å². The van der Waals surface area contributed by atoms with Gasteiger partial charge in [-0.3, -0.25) is 10.1 Å². The number of hydrogen-bond donors (Lipinski definition) is 1. The summed E-state index contributed by atoms with van der Waals surface area (Å²) in [4.78, 5) is 10.8. The molecule has 0 aliphatic rings. The molecule has 1 atom stereocenters. The summed E-state index contributed by atoms with van der Waals surface area (Å²) in [6, 6.07) is 14.3. The van der Waals surface area contributed by atoms with Gasteiger partial charge in [-0.1, -0.05) is 54.9 Å². The molecule has 5 heteroatoms. The van der Waals surface area contributed by atoms with Crippen LogP contribution in [0.3, 0.4) is 0 Å². The van der Waals surface area contributed by atoms with Crippen LogP contribution in [0.25, 0.3) is 0 Å². The van der Waals surface area contributed by atoms with Gasteiger partial charge in [-0.25, -0.2) is 0 Å². The third-order valence-corrected chi connectivity index (χ3v) is 4.12. The van der Waals surface area contributed by atoms with Crippen LogP contribution in [0.5, 0.6) is 0 Å². The molecule has 2 N–H and O–H groups in total. The highest BCUT2D eigenvalue weighted by Crippen LogP contribution is 2.34. The van der Waals surface area contributed by atoms with Gasteiger partial charge in [0.05, 0.1) is 15.5 Å². The van der Waals surface area contributed by atoms with Crippen LogP contribution < -0.4 is 5.73 Å². The Labute approximate surface area is 128 Å². The smallest absolute Gasteiger partial charge is 0.274 e. The number of rotatable bonds is 5. The molecule has 2 aromatic carbocycles. The van der Waals surface area contributed by atoms with E-state index in [0.29, 0.717) is 23.4 Å². The van der Waals surface area contributed by atoms with E-state index < -0.39 is 10.5 Å². The first-order chi connectivity index (χ1) is 9.98. The highest BCUT2D eigenvalue weighted by Gasteiger charge is 2.30. The lowest BCUT2D eigenvalue weighted by atomic mass is 9.82. The third-order valence-electron chi connectivity index (χ3n) is 3.76. The predicted molar refractivity (Wildman–Crippen MR) is 84.4 cm³/mol. The van der Waals surface area contributed by atoms with Crippen molar-refractivity contribution in [2.75, 3.05) is 0 Å². The lowest BCUT2D eigenvalue weighted by Crippen LogP contribution is -2.38. The molecule has 0 heterocycles. The number of nitro groups is 1. The van der Waals surface area contributed by atoms with E-state index in [9.17, 15) is 10.1 Å². The fraction of sp³-hybridized carbons (Fsp3) is 0.250. The third kappa shape index (κ3) is 3.23. The zero-order chi connectivity index (χ0) is 15.5. The molecule has 0 radical (unpaired) electrons. The zero-order valence-corrected chi connectivity index (χ0v) is 12.5. The molecule has 21 heavy (non-hydrogen) atoms. The van der Waals surface area contributed by atoms with Gasteiger partial charge in [-0.15, -0.1) is 0 Å². The fourth-order valence-electron chi connectivity index (χ4n) is 2.41. The lowest BCUT2D eigenvalue weighted by molar-refractivity contribution is -0.385. The molecule has 0 amide bonds. The second-order valence-electron chi connectivity index (χ2n) is 5.05. The molecule has 0 spiro atoms. The Bertz CT molecular complexity index is 646. The van der Waals surface area contributed by atoms with Gasteiger partial charge in [-0.05, 0) is 18.1 Å². The summed E-state index contributed by atoms with van der Waals surface area (Å²) in [5.74, 6) is 0. The van der Waals surface area contributed by atoms with Crippen LogP contribution in [-0.2, 0) is 12.0 Å². The quantitative estimate of drug-likeness (QED) is 0.669. The first kappa shape index (κ1) is 15.5. The van der Waals surface area contributed by atoms with Crippen molar-refractivity contribution in [1.29, 1.82) is 0 Å². The minimum atomic E-state index is -0.684. The summed E-state index contributed by atoms with van der Waals surface area (Å²) in [5, 5.41) is 11.6. The van der Waals surface area contributed by atoms with Crippen LogP contribution in [0.2, 0.25) is 5.02 Å². The number of hydrogen-bond acceptors (Lipinski definition) is 3. The average molecular weight is 305 g/mol. The van der Waals surface area contributed by atoms with E-state index in [1.165, 1.54) is 6.07 Å². The molecule has 0 fully saturated rings. The molecule has 0 bridgehead atoms. The Morgan fingerprint density at radius 3 is 2.43 bits per heavy atom. The Hall–Kier alpha value is -1.91. The van der Waals surface area contributed by atoms with Gasteiger partial charge >= 0.3 is 0 Å².